The van der Waals surface area contributed by atoms with Crippen LogP contribution in [-0.2, 0) is 7.05 Å². The minimum absolute atomic E-state index is 0.0575. The highest BCUT2D eigenvalue weighted by Crippen LogP contribution is 2.22. The molecule has 6 heteroatoms. The third-order valence-corrected chi connectivity index (χ3v) is 1.70. The van der Waals surface area contributed by atoms with E-state index in [9.17, 15) is 10.1 Å². The molecule has 0 saturated heterocycles. The van der Waals surface area contributed by atoms with Crippen LogP contribution in [0.1, 0.15) is 5.69 Å². The molecule has 0 aliphatic carbocycles. The van der Waals surface area contributed by atoms with Crippen LogP contribution in [-0.4, -0.2) is 21.2 Å². The zero-order chi connectivity index (χ0) is 10.0. The van der Waals surface area contributed by atoms with E-state index in [0.29, 0.717) is 11.3 Å². The molecule has 0 unspecified atom stereocenters. The van der Waals surface area contributed by atoms with Crippen LogP contribution in [0, 0.1) is 10.1 Å². The van der Waals surface area contributed by atoms with Gasteiger partial charge in [0.1, 0.15) is 11.9 Å². The molecule has 0 aromatic carbocycles. The summed E-state index contributed by atoms with van der Waals surface area (Å²) < 4.78 is 1.40. The molecule has 0 aliphatic heterocycles. The highest BCUT2D eigenvalue weighted by molar-refractivity contribution is 5.68. The molecular weight excluding hydrogens is 172 g/mol. The molecule has 0 bridgehead atoms. The molecule has 2 N–H and O–H groups in total. The number of nitrogens with two attached hydrogens (primary N) is 1. The van der Waals surface area contributed by atoms with Crippen LogP contribution in [0.2, 0.25) is 0 Å². The van der Waals surface area contributed by atoms with Gasteiger partial charge in [-0.2, -0.15) is 5.10 Å². The number of hydrogen-bond donors (Lipinski definition) is 1. The van der Waals surface area contributed by atoms with Gasteiger partial charge in [-0.05, 0) is 5.57 Å². The van der Waals surface area contributed by atoms with Crippen molar-refractivity contribution in [2.45, 2.75) is 0 Å². The number of aryl methyl sites for hydroxylation is 1. The number of nitro groups is 1. The van der Waals surface area contributed by atoms with Gasteiger partial charge in [0, 0.05) is 13.6 Å². The molecule has 1 heterocycles. The lowest BCUT2D eigenvalue weighted by Crippen LogP contribution is -2.07. The van der Waals surface area contributed by atoms with Crippen molar-refractivity contribution in [2.75, 3.05) is 6.54 Å². The van der Waals surface area contributed by atoms with Crippen molar-refractivity contribution in [1.29, 1.82) is 0 Å². The second-order valence-corrected chi connectivity index (χ2v) is 2.57. The molecule has 70 valence electrons. The summed E-state index contributed by atoms with van der Waals surface area (Å²) in [7, 11) is 1.61. The van der Waals surface area contributed by atoms with E-state index in [1.54, 1.807) is 7.05 Å². The average molecular weight is 182 g/mol. The van der Waals surface area contributed by atoms with Gasteiger partial charge >= 0.3 is 5.69 Å². The third-order valence-electron chi connectivity index (χ3n) is 1.70. The van der Waals surface area contributed by atoms with E-state index < -0.39 is 4.92 Å². The summed E-state index contributed by atoms with van der Waals surface area (Å²) in [4.78, 5) is 10.0. The van der Waals surface area contributed by atoms with Crippen LogP contribution >= 0.6 is 0 Å². The van der Waals surface area contributed by atoms with E-state index in [1.807, 2.05) is 0 Å². The summed E-state index contributed by atoms with van der Waals surface area (Å²) in [5, 5.41) is 14.3. The van der Waals surface area contributed by atoms with Gasteiger partial charge in [0.15, 0.2) is 0 Å². The number of rotatable bonds is 3. The Hall–Kier alpha value is -1.69. The summed E-state index contributed by atoms with van der Waals surface area (Å²) in [6.45, 7) is 3.81. The Morgan fingerprint density at radius 3 is 3.00 bits per heavy atom. The quantitative estimate of drug-likeness (QED) is 0.538. The first-order valence-corrected chi connectivity index (χ1v) is 3.62. The third kappa shape index (κ3) is 1.57. The van der Waals surface area contributed by atoms with E-state index in [2.05, 4.69) is 11.7 Å². The molecule has 0 radical (unpaired) electrons. The fraction of sp³-hybridized carbons (Fsp3) is 0.286. The zero-order valence-electron chi connectivity index (χ0n) is 7.23. The zero-order valence-corrected chi connectivity index (χ0v) is 7.23. The monoisotopic (exact) mass is 182 g/mol. The van der Waals surface area contributed by atoms with E-state index in [-0.39, 0.29) is 12.2 Å². The smallest absolute Gasteiger partial charge is 0.314 e. The highest BCUT2D eigenvalue weighted by atomic mass is 16.6. The molecular formula is C7H10N4O2. The van der Waals surface area contributed by atoms with Crippen LogP contribution in [0.4, 0.5) is 5.69 Å². The molecule has 1 aromatic heterocycles. The van der Waals surface area contributed by atoms with Crippen molar-refractivity contribution in [1.82, 2.24) is 9.78 Å². The van der Waals surface area contributed by atoms with Crippen LogP contribution in [0.3, 0.4) is 0 Å². The Bertz CT molecular complexity index is 355. The van der Waals surface area contributed by atoms with E-state index >= 15 is 0 Å². The molecule has 0 amide bonds. The van der Waals surface area contributed by atoms with E-state index in [4.69, 9.17) is 5.73 Å². The van der Waals surface area contributed by atoms with Gasteiger partial charge in [0.05, 0.1) is 4.92 Å². The number of nitrogens with zero attached hydrogens (tertiary/aromatic N) is 3. The summed E-state index contributed by atoms with van der Waals surface area (Å²) in [5.41, 5.74) is 6.17. The first-order valence-electron chi connectivity index (χ1n) is 3.62. The molecule has 0 aliphatic rings. The first-order chi connectivity index (χ1) is 6.07. The van der Waals surface area contributed by atoms with Gasteiger partial charge < -0.3 is 5.73 Å². The Morgan fingerprint density at radius 2 is 2.54 bits per heavy atom. The maximum atomic E-state index is 10.5. The van der Waals surface area contributed by atoms with Crippen LogP contribution in [0.15, 0.2) is 12.8 Å². The van der Waals surface area contributed by atoms with E-state index in [0.717, 1.165) is 0 Å². The van der Waals surface area contributed by atoms with Crippen molar-refractivity contribution in [3.8, 4) is 0 Å². The van der Waals surface area contributed by atoms with Gasteiger partial charge in [0.2, 0.25) is 0 Å². The predicted octanol–water partition coefficient (Wildman–Crippen LogP) is 0.300. The minimum atomic E-state index is -0.497. The van der Waals surface area contributed by atoms with Crippen LogP contribution in [0.5, 0.6) is 0 Å². The SMILES string of the molecule is C=C(CN)c1c([N+](=O)[O-])cnn1C. The predicted molar refractivity (Wildman–Crippen MR) is 48.0 cm³/mol. The lowest BCUT2D eigenvalue weighted by atomic mass is 10.2. The van der Waals surface area contributed by atoms with E-state index in [1.165, 1.54) is 10.9 Å². The molecule has 0 spiro atoms. The molecule has 6 nitrogen and oxygen atoms in total. The summed E-state index contributed by atoms with van der Waals surface area (Å²) in [5.74, 6) is 0. The molecule has 1 aromatic rings. The standard InChI is InChI=1S/C7H10N4O2/c1-5(3-8)7-6(11(12)13)4-9-10(7)2/h4H,1,3,8H2,2H3. The number of hydrogen-bond acceptors (Lipinski definition) is 4. The Kier molecular flexibility index (Phi) is 2.43. The van der Waals surface area contributed by atoms with Gasteiger partial charge in [-0.15, -0.1) is 0 Å². The van der Waals surface area contributed by atoms with Gasteiger partial charge in [-0.1, -0.05) is 6.58 Å². The van der Waals surface area contributed by atoms with Gasteiger partial charge in [-0.3, -0.25) is 14.8 Å². The highest BCUT2D eigenvalue weighted by Gasteiger charge is 2.19. The lowest BCUT2D eigenvalue weighted by Gasteiger charge is -2.01. The van der Waals surface area contributed by atoms with Crippen molar-refractivity contribution in [3.05, 3.63) is 28.6 Å². The second-order valence-electron chi connectivity index (χ2n) is 2.57. The first kappa shape index (κ1) is 9.40. The van der Waals surface area contributed by atoms with Crippen LogP contribution in [0.25, 0.3) is 5.57 Å². The summed E-state index contributed by atoms with van der Waals surface area (Å²) in [6, 6.07) is 0. The normalized spacial score (nSPS) is 10.0. The van der Waals surface area contributed by atoms with Crippen molar-refractivity contribution in [2.24, 2.45) is 12.8 Å². The van der Waals surface area contributed by atoms with Crippen molar-refractivity contribution >= 4 is 11.3 Å². The second kappa shape index (κ2) is 3.36. The van der Waals surface area contributed by atoms with Crippen LogP contribution < -0.4 is 5.73 Å². The fourth-order valence-corrected chi connectivity index (χ4v) is 1.07. The molecule has 0 atom stereocenters. The molecule has 13 heavy (non-hydrogen) atoms. The topological polar surface area (TPSA) is 87.0 Å². The fourth-order valence-electron chi connectivity index (χ4n) is 1.07. The minimum Gasteiger partial charge on any atom is -0.326 e. The average Bonchev–Trinajstić information content (AvgIpc) is 2.46. The van der Waals surface area contributed by atoms with Crippen molar-refractivity contribution in [3.63, 3.8) is 0 Å². The summed E-state index contributed by atoms with van der Waals surface area (Å²) in [6.07, 6.45) is 1.19. The maximum absolute atomic E-state index is 10.5. The summed E-state index contributed by atoms with van der Waals surface area (Å²) >= 11 is 0. The maximum Gasteiger partial charge on any atom is 0.314 e. The van der Waals surface area contributed by atoms with Gasteiger partial charge in [-0.25, -0.2) is 0 Å². The molecule has 0 saturated carbocycles. The van der Waals surface area contributed by atoms with Gasteiger partial charge in [0.25, 0.3) is 0 Å². The Labute approximate surface area is 74.8 Å². The molecule has 1 rings (SSSR count). The molecule has 0 fully saturated rings. The Morgan fingerprint density at radius 1 is 1.92 bits per heavy atom. The largest absolute Gasteiger partial charge is 0.326 e. The Balaban J connectivity index is 3.24. The number of aromatic nitrogens is 2. The van der Waals surface area contributed by atoms with Crippen molar-refractivity contribution < 1.29 is 4.92 Å². The lowest BCUT2D eigenvalue weighted by molar-refractivity contribution is -0.385.